The quantitative estimate of drug-likeness (QED) is 0.725. The first-order chi connectivity index (χ1) is 7.45. The Balaban J connectivity index is 1.62. The van der Waals surface area contributed by atoms with E-state index in [1.807, 2.05) is 0 Å². The molecule has 2 rings (SSSR count). The van der Waals surface area contributed by atoms with Gasteiger partial charge in [-0.25, -0.2) is 0 Å². The summed E-state index contributed by atoms with van der Waals surface area (Å²) in [6, 6.07) is 0.738. The van der Waals surface area contributed by atoms with Gasteiger partial charge in [-0.2, -0.15) is 0 Å². The molecule has 0 amide bonds. The average Bonchev–Trinajstić information content (AvgIpc) is 2.56. The second kappa shape index (κ2) is 6.49. The van der Waals surface area contributed by atoms with Crippen LogP contribution in [0.1, 0.15) is 51.4 Å². The van der Waals surface area contributed by atoms with Gasteiger partial charge in [0.1, 0.15) is 0 Å². The van der Waals surface area contributed by atoms with E-state index in [-0.39, 0.29) is 0 Å². The maximum Gasteiger partial charge on any atom is 0.0480 e. The summed E-state index contributed by atoms with van der Waals surface area (Å²) in [4.78, 5) is 0. The van der Waals surface area contributed by atoms with Crippen molar-refractivity contribution in [3.63, 3.8) is 0 Å². The molecule has 0 unspecified atom stereocenters. The maximum absolute atomic E-state index is 5.37. The topological polar surface area (TPSA) is 21.3 Å². The van der Waals surface area contributed by atoms with Gasteiger partial charge >= 0.3 is 0 Å². The van der Waals surface area contributed by atoms with Gasteiger partial charge in [-0.05, 0) is 38.1 Å². The molecule has 1 saturated carbocycles. The fraction of sp³-hybridized carbons (Fsp3) is 1.00. The highest BCUT2D eigenvalue weighted by atomic mass is 16.5. The summed E-state index contributed by atoms with van der Waals surface area (Å²) in [5.74, 6) is 0.954. The summed E-state index contributed by atoms with van der Waals surface area (Å²) in [5, 5.41) is 3.74. The van der Waals surface area contributed by atoms with Crippen LogP contribution in [0.5, 0.6) is 0 Å². The lowest BCUT2D eigenvalue weighted by Crippen LogP contribution is -2.37. The molecule has 0 atom stereocenters. The molecule has 15 heavy (non-hydrogen) atoms. The van der Waals surface area contributed by atoms with Crippen LogP contribution in [0, 0.1) is 5.92 Å². The van der Waals surface area contributed by atoms with Crippen LogP contribution < -0.4 is 5.32 Å². The van der Waals surface area contributed by atoms with Crippen LogP contribution in [0.15, 0.2) is 0 Å². The van der Waals surface area contributed by atoms with Crippen molar-refractivity contribution >= 4 is 0 Å². The molecule has 0 spiro atoms. The summed E-state index contributed by atoms with van der Waals surface area (Å²) < 4.78 is 5.37. The van der Waals surface area contributed by atoms with Crippen molar-refractivity contribution in [1.82, 2.24) is 5.32 Å². The van der Waals surface area contributed by atoms with Gasteiger partial charge in [-0.15, -0.1) is 0 Å². The fourth-order valence-corrected chi connectivity index (χ4v) is 2.80. The van der Waals surface area contributed by atoms with Gasteiger partial charge in [0.2, 0.25) is 0 Å². The summed E-state index contributed by atoms with van der Waals surface area (Å²) >= 11 is 0. The van der Waals surface area contributed by atoms with Crippen molar-refractivity contribution < 1.29 is 4.74 Å². The zero-order chi connectivity index (χ0) is 10.3. The standard InChI is InChI=1S/C13H25NO/c1-2-4-6-12(5-3-1)11-14-13-7-9-15-10-8-13/h12-14H,1-11H2. The van der Waals surface area contributed by atoms with E-state index in [1.54, 1.807) is 0 Å². The molecule has 0 radical (unpaired) electrons. The molecule has 1 aliphatic heterocycles. The van der Waals surface area contributed by atoms with Gasteiger partial charge in [-0.1, -0.05) is 25.7 Å². The second-order valence-electron chi connectivity index (χ2n) is 5.15. The third-order valence-corrected chi connectivity index (χ3v) is 3.89. The normalized spacial score (nSPS) is 26.4. The molecule has 1 aliphatic carbocycles. The van der Waals surface area contributed by atoms with Crippen molar-refractivity contribution in [2.45, 2.75) is 57.4 Å². The first kappa shape index (κ1) is 11.4. The summed E-state index contributed by atoms with van der Waals surface area (Å²) in [7, 11) is 0. The molecule has 1 heterocycles. The third-order valence-electron chi connectivity index (χ3n) is 3.89. The molecule has 2 aliphatic rings. The molecular formula is C13H25NO. The number of ether oxygens (including phenoxy) is 1. The minimum absolute atomic E-state index is 0.738. The Morgan fingerprint density at radius 3 is 2.20 bits per heavy atom. The molecule has 2 nitrogen and oxygen atoms in total. The molecule has 1 N–H and O–H groups in total. The molecule has 88 valence electrons. The van der Waals surface area contributed by atoms with E-state index >= 15 is 0 Å². The van der Waals surface area contributed by atoms with Crippen LogP contribution in [-0.2, 0) is 4.74 Å². The Hall–Kier alpha value is -0.0800. The van der Waals surface area contributed by atoms with Crippen molar-refractivity contribution in [3.8, 4) is 0 Å². The molecule has 1 saturated heterocycles. The van der Waals surface area contributed by atoms with Crippen molar-refractivity contribution in [2.75, 3.05) is 19.8 Å². The van der Waals surface area contributed by atoms with Gasteiger partial charge in [-0.3, -0.25) is 0 Å². The van der Waals surface area contributed by atoms with Crippen molar-refractivity contribution in [2.24, 2.45) is 5.92 Å². The molecular weight excluding hydrogens is 186 g/mol. The summed E-state index contributed by atoms with van der Waals surface area (Å²) in [6.07, 6.45) is 11.2. The Morgan fingerprint density at radius 2 is 1.53 bits per heavy atom. The highest BCUT2D eigenvalue weighted by Crippen LogP contribution is 2.22. The number of nitrogens with one attached hydrogen (secondary N) is 1. The van der Waals surface area contributed by atoms with E-state index in [1.165, 1.54) is 57.9 Å². The lowest BCUT2D eigenvalue weighted by Gasteiger charge is -2.25. The van der Waals surface area contributed by atoms with E-state index in [0.717, 1.165) is 25.2 Å². The molecule has 2 fully saturated rings. The average molecular weight is 211 g/mol. The van der Waals surface area contributed by atoms with Gasteiger partial charge < -0.3 is 10.1 Å². The van der Waals surface area contributed by atoms with Crippen LogP contribution in [0.3, 0.4) is 0 Å². The Bertz CT molecular complexity index is 158. The predicted molar refractivity (Wildman–Crippen MR) is 63.0 cm³/mol. The number of rotatable bonds is 3. The second-order valence-corrected chi connectivity index (χ2v) is 5.15. The Morgan fingerprint density at radius 1 is 0.867 bits per heavy atom. The zero-order valence-electron chi connectivity index (χ0n) is 9.84. The van der Waals surface area contributed by atoms with Gasteiger partial charge in [0, 0.05) is 19.3 Å². The molecule has 0 aromatic carbocycles. The minimum atomic E-state index is 0.738. The van der Waals surface area contributed by atoms with Crippen LogP contribution >= 0.6 is 0 Å². The largest absolute Gasteiger partial charge is 0.381 e. The first-order valence-corrected chi connectivity index (χ1v) is 6.76. The monoisotopic (exact) mass is 211 g/mol. The van der Waals surface area contributed by atoms with Gasteiger partial charge in [0.05, 0.1) is 0 Å². The third kappa shape index (κ3) is 4.12. The lowest BCUT2D eigenvalue weighted by molar-refractivity contribution is 0.0767. The van der Waals surface area contributed by atoms with Crippen molar-refractivity contribution in [3.05, 3.63) is 0 Å². The van der Waals surface area contributed by atoms with Gasteiger partial charge in [0.15, 0.2) is 0 Å². The minimum Gasteiger partial charge on any atom is -0.381 e. The Labute approximate surface area is 93.8 Å². The molecule has 0 aromatic heterocycles. The zero-order valence-corrected chi connectivity index (χ0v) is 9.84. The van der Waals surface area contributed by atoms with Gasteiger partial charge in [0.25, 0.3) is 0 Å². The predicted octanol–water partition coefficient (Wildman–Crippen LogP) is 2.73. The fourth-order valence-electron chi connectivity index (χ4n) is 2.80. The van der Waals surface area contributed by atoms with Crippen LogP contribution in [0.25, 0.3) is 0 Å². The first-order valence-electron chi connectivity index (χ1n) is 6.76. The van der Waals surface area contributed by atoms with Crippen LogP contribution in [0.2, 0.25) is 0 Å². The van der Waals surface area contributed by atoms with E-state index in [4.69, 9.17) is 4.74 Å². The number of hydrogen-bond acceptors (Lipinski definition) is 2. The summed E-state index contributed by atoms with van der Waals surface area (Å²) in [6.45, 7) is 3.18. The lowest BCUT2D eigenvalue weighted by atomic mass is 9.99. The maximum atomic E-state index is 5.37. The van der Waals surface area contributed by atoms with E-state index in [9.17, 15) is 0 Å². The molecule has 2 heteroatoms. The SMILES string of the molecule is C1CCCC(CNC2CCOCC2)CC1. The molecule has 0 bridgehead atoms. The van der Waals surface area contributed by atoms with E-state index in [0.29, 0.717) is 0 Å². The van der Waals surface area contributed by atoms with Crippen molar-refractivity contribution in [1.29, 1.82) is 0 Å². The van der Waals surface area contributed by atoms with Crippen LogP contribution in [0.4, 0.5) is 0 Å². The van der Waals surface area contributed by atoms with Crippen LogP contribution in [-0.4, -0.2) is 25.8 Å². The smallest absolute Gasteiger partial charge is 0.0480 e. The van der Waals surface area contributed by atoms with E-state index in [2.05, 4.69) is 5.32 Å². The highest BCUT2D eigenvalue weighted by Gasteiger charge is 2.16. The molecule has 0 aromatic rings. The summed E-state index contributed by atoms with van der Waals surface area (Å²) in [5.41, 5.74) is 0. The number of hydrogen-bond donors (Lipinski definition) is 1. The Kier molecular flexibility index (Phi) is 4.94. The highest BCUT2D eigenvalue weighted by molar-refractivity contribution is 4.73. The van der Waals surface area contributed by atoms with E-state index < -0.39 is 0 Å².